The summed E-state index contributed by atoms with van der Waals surface area (Å²) in [7, 11) is 0. The second kappa shape index (κ2) is 5.98. The van der Waals surface area contributed by atoms with Crippen molar-refractivity contribution < 1.29 is 4.39 Å². The molecule has 0 N–H and O–H groups in total. The maximum Gasteiger partial charge on any atom is 0.214 e. The Balaban J connectivity index is 1.53. The van der Waals surface area contributed by atoms with Gasteiger partial charge in [-0.15, -0.1) is 32.9 Å². The molecule has 0 aliphatic rings. The van der Waals surface area contributed by atoms with Crippen molar-refractivity contribution in [2.45, 2.75) is 6.54 Å². The summed E-state index contributed by atoms with van der Waals surface area (Å²) >= 11 is 3.09. The average molecular weight is 343 g/mol. The zero-order chi connectivity index (χ0) is 15.6. The largest absolute Gasteiger partial charge is 0.239 e. The van der Waals surface area contributed by atoms with Crippen LogP contribution in [0.3, 0.4) is 0 Å². The average Bonchev–Trinajstić information content (AvgIpc) is 3.29. The highest BCUT2D eigenvalue weighted by molar-refractivity contribution is 7.13. The third-order valence-corrected chi connectivity index (χ3v) is 4.95. The third-order valence-electron chi connectivity index (χ3n) is 3.14. The number of halogens is 1. The predicted molar refractivity (Wildman–Crippen MR) is 87.7 cm³/mol. The number of tetrazole rings is 1. The summed E-state index contributed by atoms with van der Waals surface area (Å²) in [6.45, 7) is 0.454. The van der Waals surface area contributed by atoms with Gasteiger partial charge in [0.1, 0.15) is 17.4 Å². The van der Waals surface area contributed by atoms with Crippen LogP contribution < -0.4 is 0 Å². The van der Waals surface area contributed by atoms with Gasteiger partial charge in [0.05, 0.1) is 10.6 Å². The molecule has 8 heteroatoms. The fourth-order valence-electron chi connectivity index (χ4n) is 2.06. The Bertz CT molecular complexity index is 912. The van der Waals surface area contributed by atoms with Crippen molar-refractivity contribution in [2.75, 3.05) is 0 Å². The van der Waals surface area contributed by atoms with Gasteiger partial charge in [-0.2, -0.15) is 4.80 Å². The molecule has 0 unspecified atom stereocenters. The zero-order valence-electron chi connectivity index (χ0n) is 11.8. The number of hydrogen-bond acceptors (Lipinski definition) is 6. The minimum atomic E-state index is -0.251. The van der Waals surface area contributed by atoms with Crippen LogP contribution in [0.1, 0.15) is 5.69 Å². The van der Waals surface area contributed by atoms with Crippen molar-refractivity contribution in [1.29, 1.82) is 0 Å². The monoisotopic (exact) mass is 343 g/mol. The van der Waals surface area contributed by atoms with Crippen LogP contribution in [0.15, 0.2) is 47.2 Å². The minimum absolute atomic E-state index is 0.251. The molecule has 1 aromatic carbocycles. The molecular formula is C15H10FN5S2. The molecule has 4 rings (SSSR count). The number of hydrogen-bond donors (Lipinski definition) is 0. The first-order valence-corrected chi connectivity index (χ1v) is 8.56. The lowest BCUT2D eigenvalue weighted by atomic mass is 10.2. The molecule has 0 fully saturated rings. The lowest BCUT2D eigenvalue weighted by Crippen LogP contribution is -2.04. The summed E-state index contributed by atoms with van der Waals surface area (Å²) in [5, 5.41) is 17.3. The molecule has 4 aromatic rings. The van der Waals surface area contributed by atoms with E-state index in [9.17, 15) is 4.39 Å². The van der Waals surface area contributed by atoms with Gasteiger partial charge in [0, 0.05) is 10.9 Å². The molecule has 0 aliphatic heterocycles. The van der Waals surface area contributed by atoms with Gasteiger partial charge in [0.25, 0.3) is 0 Å². The van der Waals surface area contributed by atoms with E-state index in [1.54, 1.807) is 23.5 Å². The molecule has 0 bridgehead atoms. The highest BCUT2D eigenvalue weighted by Crippen LogP contribution is 2.24. The van der Waals surface area contributed by atoms with Crippen molar-refractivity contribution in [3.63, 3.8) is 0 Å². The number of benzene rings is 1. The Morgan fingerprint density at radius 2 is 1.96 bits per heavy atom. The molecule has 0 aliphatic carbocycles. The second-order valence-corrected chi connectivity index (χ2v) is 6.58. The van der Waals surface area contributed by atoms with Crippen LogP contribution in [0.2, 0.25) is 0 Å². The number of nitrogens with zero attached hydrogens (tertiary/aromatic N) is 5. The molecule has 0 saturated carbocycles. The van der Waals surface area contributed by atoms with Crippen molar-refractivity contribution in [3.8, 4) is 21.3 Å². The smallest absolute Gasteiger partial charge is 0.214 e. The Morgan fingerprint density at radius 3 is 2.74 bits per heavy atom. The van der Waals surface area contributed by atoms with Crippen LogP contribution in [-0.2, 0) is 6.54 Å². The first-order chi connectivity index (χ1) is 11.3. The van der Waals surface area contributed by atoms with Gasteiger partial charge in [-0.3, -0.25) is 0 Å². The maximum atomic E-state index is 13.0. The molecule has 0 radical (unpaired) electrons. The van der Waals surface area contributed by atoms with Gasteiger partial charge in [0.2, 0.25) is 5.82 Å². The van der Waals surface area contributed by atoms with Gasteiger partial charge in [-0.25, -0.2) is 9.37 Å². The minimum Gasteiger partial charge on any atom is -0.239 e. The number of thiazole rings is 1. The van der Waals surface area contributed by atoms with Crippen LogP contribution in [-0.4, -0.2) is 25.2 Å². The van der Waals surface area contributed by atoms with Crippen molar-refractivity contribution in [1.82, 2.24) is 25.2 Å². The van der Waals surface area contributed by atoms with E-state index in [-0.39, 0.29) is 5.82 Å². The SMILES string of the molecule is Fc1ccc(-c2nc(Cn3nnc(-c4cccs4)n3)cs2)cc1. The Hall–Kier alpha value is -2.45. The van der Waals surface area contributed by atoms with Crippen LogP contribution in [0, 0.1) is 5.82 Å². The summed E-state index contributed by atoms with van der Waals surface area (Å²) in [6.07, 6.45) is 0. The summed E-state index contributed by atoms with van der Waals surface area (Å²) in [6, 6.07) is 10.2. The van der Waals surface area contributed by atoms with E-state index in [0.29, 0.717) is 12.4 Å². The summed E-state index contributed by atoms with van der Waals surface area (Å²) < 4.78 is 13.0. The molecule has 3 aromatic heterocycles. The molecule has 0 saturated heterocycles. The first-order valence-electron chi connectivity index (χ1n) is 6.80. The number of thiophene rings is 1. The van der Waals surface area contributed by atoms with E-state index >= 15 is 0 Å². The van der Waals surface area contributed by atoms with Gasteiger partial charge >= 0.3 is 0 Å². The highest BCUT2D eigenvalue weighted by atomic mass is 32.1. The molecule has 5 nitrogen and oxygen atoms in total. The third kappa shape index (κ3) is 3.03. The number of aromatic nitrogens is 5. The summed E-state index contributed by atoms with van der Waals surface area (Å²) in [4.78, 5) is 7.06. The predicted octanol–water partition coefficient (Wildman–Crippen LogP) is 3.71. The fraction of sp³-hybridized carbons (Fsp3) is 0.0667. The van der Waals surface area contributed by atoms with Crippen LogP contribution >= 0.6 is 22.7 Å². The normalized spacial score (nSPS) is 11.0. The lowest BCUT2D eigenvalue weighted by molar-refractivity contribution is 0.566. The van der Waals surface area contributed by atoms with Crippen molar-refractivity contribution in [3.05, 3.63) is 58.7 Å². The molecule has 0 amide bonds. The Kier molecular flexibility index (Phi) is 3.68. The molecule has 23 heavy (non-hydrogen) atoms. The van der Waals surface area contributed by atoms with Gasteiger partial charge in [0.15, 0.2) is 0 Å². The molecule has 3 heterocycles. The second-order valence-electron chi connectivity index (χ2n) is 4.77. The Labute approximate surface area is 139 Å². The van der Waals surface area contributed by atoms with E-state index in [0.717, 1.165) is 21.1 Å². The lowest BCUT2D eigenvalue weighted by Gasteiger charge is -1.96. The standard InChI is InChI=1S/C15H10FN5S2/c16-11-5-3-10(4-6-11)15-17-12(9-23-15)8-21-19-14(18-20-21)13-2-1-7-22-13/h1-7,9H,8H2. The van der Waals surface area contributed by atoms with Crippen molar-refractivity contribution >= 4 is 22.7 Å². The fourth-order valence-corrected chi connectivity index (χ4v) is 3.53. The number of rotatable bonds is 4. The Morgan fingerprint density at radius 1 is 1.09 bits per heavy atom. The van der Waals surface area contributed by atoms with E-state index < -0.39 is 0 Å². The van der Waals surface area contributed by atoms with Crippen LogP contribution in [0.25, 0.3) is 21.3 Å². The molecule has 0 atom stereocenters. The van der Waals surface area contributed by atoms with E-state index in [1.807, 2.05) is 22.9 Å². The van der Waals surface area contributed by atoms with Gasteiger partial charge < -0.3 is 0 Å². The van der Waals surface area contributed by atoms with Crippen LogP contribution in [0.5, 0.6) is 0 Å². The summed E-state index contributed by atoms with van der Waals surface area (Å²) in [5.41, 5.74) is 1.75. The van der Waals surface area contributed by atoms with E-state index in [2.05, 4.69) is 20.4 Å². The molecule has 0 spiro atoms. The maximum absolute atomic E-state index is 13.0. The van der Waals surface area contributed by atoms with E-state index in [4.69, 9.17) is 0 Å². The zero-order valence-corrected chi connectivity index (χ0v) is 13.4. The van der Waals surface area contributed by atoms with Gasteiger partial charge in [-0.1, -0.05) is 6.07 Å². The van der Waals surface area contributed by atoms with E-state index in [1.165, 1.54) is 28.3 Å². The topological polar surface area (TPSA) is 56.5 Å². The first kappa shape index (κ1) is 14.2. The summed E-state index contributed by atoms with van der Waals surface area (Å²) in [5.74, 6) is 0.368. The highest BCUT2D eigenvalue weighted by Gasteiger charge is 2.10. The molecular weight excluding hydrogens is 333 g/mol. The van der Waals surface area contributed by atoms with Crippen LogP contribution in [0.4, 0.5) is 4.39 Å². The van der Waals surface area contributed by atoms with Crippen molar-refractivity contribution in [2.24, 2.45) is 0 Å². The van der Waals surface area contributed by atoms with Gasteiger partial charge in [-0.05, 0) is 40.9 Å². The quantitative estimate of drug-likeness (QED) is 0.567. The molecule has 114 valence electrons.